The van der Waals surface area contributed by atoms with Gasteiger partial charge < -0.3 is 9.73 Å². The summed E-state index contributed by atoms with van der Waals surface area (Å²) in [4.78, 5) is 12.3. The Kier molecular flexibility index (Phi) is 4.57. The van der Waals surface area contributed by atoms with Gasteiger partial charge in [0, 0.05) is 10.0 Å². The summed E-state index contributed by atoms with van der Waals surface area (Å²) >= 11 is 3.24. The van der Waals surface area contributed by atoms with Gasteiger partial charge in [-0.1, -0.05) is 52.3 Å². The van der Waals surface area contributed by atoms with Crippen molar-refractivity contribution in [1.82, 2.24) is 5.32 Å². The number of hydrogen-bond donors (Lipinski definition) is 1. The molecule has 0 saturated heterocycles. The Labute approximate surface area is 141 Å². The number of nitrogens with one attached hydrogen (secondary N) is 1. The fraction of sp³-hybridized carbons (Fsp3) is 0.0556. The molecule has 0 aliphatic heterocycles. The molecule has 0 saturated carbocycles. The third-order valence-electron chi connectivity index (χ3n) is 3.47. The molecule has 0 radical (unpaired) electrons. The minimum Gasteiger partial charge on any atom is -0.472 e. The van der Waals surface area contributed by atoms with Gasteiger partial charge in [0.05, 0.1) is 17.9 Å². The molecule has 1 aromatic heterocycles. The van der Waals surface area contributed by atoms with Crippen molar-refractivity contribution in [3.8, 4) is 0 Å². The number of furan rings is 1. The zero-order chi connectivity index (χ0) is 16.2. The molecule has 1 atom stereocenters. The van der Waals surface area contributed by atoms with Crippen molar-refractivity contribution in [2.75, 3.05) is 0 Å². The van der Waals surface area contributed by atoms with E-state index in [0.29, 0.717) is 15.6 Å². The minimum atomic E-state index is -0.591. The molecule has 5 heteroatoms. The van der Waals surface area contributed by atoms with Crippen LogP contribution in [0.2, 0.25) is 0 Å². The van der Waals surface area contributed by atoms with Crippen LogP contribution in [0.25, 0.3) is 0 Å². The number of rotatable bonds is 4. The summed E-state index contributed by atoms with van der Waals surface area (Å²) in [5, 5.41) is 2.86. The molecule has 1 N–H and O–H groups in total. The lowest BCUT2D eigenvalue weighted by Crippen LogP contribution is -2.29. The van der Waals surface area contributed by atoms with Crippen LogP contribution in [-0.4, -0.2) is 5.91 Å². The van der Waals surface area contributed by atoms with E-state index in [1.165, 1.54) is 18.6 Å². The highest BCUT2D eigenvalue weighted by atomic mass is 79.9. The maximum Gasteiger partial charge on any atom is 0.255 e. The highest BCUT2D eigenvalue weighted by Crippen LogP contribution is 2.27. The minimum absolute atomic E-state index is 0.324. The molecule has 0 aliphatic carbocycles. The summed E-state index contributed by atoms with van der Waals surface area (Å²) in [7, 11) is 0. The van der Waals surface area contributed by atoms with Crippen LogP contribution in [0.4, 0.5) is 4.39 Å². The Bertz CT molecular complexity index is 803. The third-order valence-corrected chi connectivity index (χ3v) is 3.96. The lowest BCUT2D eigenvalue weighted by atomic mass is 9.98. The number of hydrogen-bond acceptors (Lipinski definition) is 2. The first-order valence-electron chi connectivity index (χ1n) is 6.98. The van der Waals surface area contributed by atoms with Crippen molar-refractivity contribution in [3.05, 3.63) is 94.1 Å². The third kappa shape index (κ3) is 3.51. The molecule has 116 valence electrons. The molecule has 3 aromatic rings. The van der Waals surface area contributed by atoms with Crippen molar-refractivity contribution in [2.24, 2.45) is 0 Å². The first kappa shape index (κ1) is 15.5. The van der Waals surface area contributed by atoms with Gasteiger partial charge >= 0.3 is 0 Å². The Morgan fingerprint density at radius 3 is 2.57 bits per heavy atom. The molecule has 0 bridgehead atoms. The largest absolute Gasteiger partial charge is 0.472 e. The highest BCUT2D eigenvalue weighted by Gasteiger charge is 2.21. The van der Waals surface area contributed by atoms with Gasteiger partial charge in [-0.25, -0.2) is 4.39 Å². The molecule has 0 fully saturated rings. The number of benzene rings is 2. The lowest BCUT2D eigenvalue weighted by Gasteiger charge is -2.20. The van der Waals surface area contributed by atoms with Gasteiger partial charge in [0.25, 0.3) is 5.91 Å². The average molecular weight is 374 g/mol. The van der Waals surface area contributed by atoms with Crippen LogP contribution in [0.1, 0.15) is 27.5 Å². The fourth-order valence-corrected chi connectivity index (χ4v) is 2.66. The summed E-state index contributed by atoms with van der Waals surface area (Å²) in [5.41, 5.74) is 1.59. The van der Waals surface area contributed by atoms with E-state index >= 15 is 0 Å². The van der Waals surface area contributed by atoms with Crippen LogP contribution in [0.5, 0.6) is 0 Å². The van der Waals surface area contributed by atoms with Gasteiger partial charge in [0.15, 0.2) is 0 Å². The van der Waals surface area contributed by atoms with Crippen LogP contribution >= 0.6 is 15.9 Å². The zero-order valence-electron chi connectivity index (χ0n) is 12.0. The summed E-state index contributed by atoms with van der Waals surface area (Å²) in [6.07, 6.45) is 2.78. The summed E-state index contributed by atoms with van der Waals surface area (Å²) < 4.78 is 20.0. The summed E-state index contributed by atoms with van der Waals surface area (Å²) in [6, 6.07) is 15.0. The smallest absolute Gasteiger partial charge is 0.255 e. The quantitative estimate of drug-likeness (QED) is 0.719. The van der Waals surface area contributed by atoms with Crippen LogP contribution in [0, 0.1) is 5.82 Å². The topological polar surface area (TPSA) is 42.2 Å². The second-order valence-corrected chi connectivity index (χ2v) is 5.91. The van der Waals surface area contributed by atoms with E-state index in [2.05, 4.69) is 21.2 Å². The van der Waals surface area contributed by atoms with E-state index in [1.54, 1.807) is 18.2 Å². The van der Waals surface area contributed by atoms with Gasteiger partial charge in [-0.05, 0) is 23.8 Å². The van der Waals surface area contributed by atoms with Crippen molar-refractivity contribution < 1.29 is 13.6 Å². The van der Waals surface area contributed by atoms with Gasteiger partial charge in [0.1, 0.15) is 12.1 Å². The number of carbonyl (C=O) groups excluding carboxylic acids is 1. The van der Waals surface area contributed by atoms with Gasteiger partial charge in [0.2, 0.25) is 0 Å². The lowest BCUT2D eigenvalue weighted by molar-refractivity contribution is 0.0942. The molecule has 1 unspecified atom stereocenters. The van der Waals surface area contributed by atoms with E-state index in [9.17, 15) is 9.18 Å². The first-order valence-corrected chi connectivity index (χ1v) is 7.77. The number of amides is 1. The molecule has 2 aromatic carbocycles. The SMILES string of the molecule is O=C(NC(c1ccccc1)c1ccc(Br)cc1F)c1ccoc1. The molecule has 0 spiro atoms. The molecule has 0 aliphatic rings. The molecular formula is C18H13BrFNO2. The van der Waals surface area contributed by atoms with E-state index in [1.807, 2.05) is 30.3 Å². The Balaban J connectivity index is 1.99. The van der Waals surface area contributed by atoms with Crippen LogP contribution in [0.3, 0.4) is 0 Å². The molecule has 1 heterocycles. The van der Waals surface area contributed by atoms with E-state index in [4.69, 9.17) is 4.42 Å². The van der Waals surface area contributed by atoms with Gasteiger partial charge in [-0.15, -0.1) is 0 Å². The van der Waals surface area contributed by atoms with Crippen molar-refractivity contribution in [1.29, 1.82) is 0 Å². The second-order valence-electron chi connectivity index (χ2n) is 5.00. The summed E-state index contributed by atoms with van der Waals surface area (Å²) in [6.45, 7) is 0. The maximum absolute atomic E-state index is 14.4. The predicted molar refractivity (Wildman–Crippen MR) is 88.6 cm³/mol. The molecule has 1 amide bonds. The molecule has 3 nitrogen and oxygen atoms in total. The molecule has 3 rings (SSSR count). The first-order chi connectivity index (χ1) is 11.1. The predicted octanol–water partition coefficient (Wildman–Crippen LogP) is 4.70. The Morgan fingerprint density at radius 2 is 1.91 bits per heavy atom. The maximum atomic E-state index is 14.4. The van der Waals surface area contributed by atoms with Crippen LogP contribution in [0.15, 0.2) is 76.0 Å². The van der Waals surface area contributed by atoms with Crippen LogP contribution < -0.4 is 5.32 Å². The normalized spacial score (nSPS) is 11.9. The fourth-order valence-electron chi connectivity index (χ4n) is 2.33. The highest BCUT2D eigenvalue weighted by molar-refractivity contribution is 9.10. The number of carbonyl (C=O) groups is 1. The van der Waals surface area contributed by atoms with Crippen molar-refractivity contribution >= 4 is 21.8 Å². The van der Waals surface area contributed by atoms with Gasteiger partial charge in [-0.2, -0.15) is 0 Å². The Morgan fingerprint density at radius 1 is 1.13 bits per heavy atom. The van der Waals surface area contributed by atoms with E-state index in [0.717, 1.165) is 5.56 Å². The zero-order valence-corrected chi connectivity index (χ0v) is 13.6. The van der Waals surface area contributed by atoms with Crippen molar-refractivity contribution in [2.45, 2.75) is 6.04 Å². The molecular weight excluding hydrogens is 361 g/mol. The average Bonchev–Trinajstić information content (AvgIpc) is 3.08. The summed E-state index contributed by atoms with van der Waals surface area (Å²) in [5.74, 6) is -0.712. The second kappa shape index (κ2) is 6.79. The number of halogens is 2. The van der Waals surface area contributed by atoms with E-state index < -0.39 is 6.04 Å². The Hall–Kier alpha value is -2.40. The molecule has 23 heavy (non-hydrogen) atoms. The monoisotopic (exact) mass is 373 g/mol. The van der Waals surface area contributed by atoms with Crippen molar-refractivity contribution in [3.63, 3.8) is 0 Å². The van der Waals surface area contributed by atoms with E-state index in [-0.39, 0.29) is 11.7 Å². The van der Waals surface area contributed by atoms with Gasteiger partial charge in [-0.3, -0.25) is 4.79 Å². The van der Waals surface area contributed by atoms with Crippen LogP contribution in [-0.2, 0) is 0 Å². The standard InChI is InChI=1S/C18H13BrFNO2/c19-14-6-7-15(16(20)10-14)17(12-4-2-1-3-5-12)21-18(22)13-8-9-23-11-13/h1-11,17H,(H,21,22).